The van der Waals surface area contributed by atoms with Gasteiger partial charge in [-0.05, 0) is 40.2 Å². The van der Waals surface area contributed by atoms with Crippen molar-refractivity contribution in [1.29, 1.82) is 0 Å². The number of nitrogen functional groups attached to an aromatic ring is 1. The molecule has 2 aromatic carbocycles. The Kier molecular flexibility index (Phi) is 2.37. The molecule has 0 fully saturated rings. The minimum absolute atomic E-state index is 0.734. The van der Waals surface area contributed by atoms with Gasteiger partial charge in [0.25, 0.3) is 0 Å². The lowest BCUT2D eigenvalue weighted by atomic mass is 10.2. The summed E-state index contributed by atoms with van der Waals surface area (Å²) >= 11 is 3.55. The molecule has 2 N–H and O–H groups in total. The predicted molar refractivity (Wildman–Crippen MR) is 73.2 cm³/mol. The van der Waals surface area contributed by atoms with Gasteiger partial charge in [0.05, 0.1) is 17.4 Å². The van der Waals surface area contributed by atoms with Crippen LogP contribution in [0.15, 0.2) is 53.1 Å². The molecule has 0 atom stereocenters. The van der Waals surface area contributed by atoms with E-state index in [-0.39, 0.29) is 0 Å². The van der Waals surface area contributed by atoms with Crippen molar-refractivity contribution in [2.45, 2.75) is 0 Å². The maximum Gasteiger partial charge on any atom is 0.0883 e. The highest BCUT2D eigenvalue weighted by Gasteiger charge is 2.07. The standard InChI is InChI=1S/C13H10BrN3/c14-12-6-1-3-9-8-16-17(13(9)12)11-5-2-4-10(15)7-11/h1-8H,15H2. The van der Waals surface area contributed by atoms with E-state index in [4.69, 9.17) is 5.73 Å². The van der Waals surface area contributed by atoms with Gasteiger partial charge in [0.1, 0.15) is 0 Å². The first kappa shape index (κ1) is 10.4. The minimum Gasteiger partial charge on any atom is -0.399 e. The van der Waals surface area contributed by atoms with Crippen LogP contribution in [0, 0.1) is 0 Å². The average molecular weight is 288 g/mol. The molecule has 0 aliphatic carbocycles. The molecule has 0 saturated heterocycles. The Morgan fingerprint density at radius 2 is 1.94 bits per heavy atom. The lowest BCUT2D eigenvalue weighted by molar-refractivity contribution is 0.909. The zero-order chi connectivity index (χ0) is 11.8. The summed E-state index contributed by atoms with van der Waals surface area (Å²) in [5.41, 5.74) is 8.55. The Hall–Kier alpha value is -1.81. The second-order valence-corrected chi connectivity index (χ2v) is 4.68. The van der Waals surface area contributed by atoms with E-state index in [2.05, 4.69) is 21.0 Å². The van der Waals surface area contributed by atoms with Gasteiger partial charge in [-0.25, -0.2) is 4.68 Å². The number of benzene rings is 2. The molecule has 0 saturated carbocycles. The minimum atomic E-state index is 0.734. The normalized spacial score (nSPS) is 10.9. The Bertz CT molecular complexity index is 688. The maximum atomic E-state index is 5.79. The Morgan fingerprint density at radius 3 is 2.76 bits per heavy atom. The van der Waals surface area contributed by atoms with Gasteiger partial charge in [-0.2, -0.15) is 5.10 Å². The van der Waals surface area contributed by atoms with Crippen molar-refractivity contribution in [3.8, 4) is 5.69 Å². The molecule has 0 spiro atoms. The highest BCUT2D eigenvalue weighted by atomic mass is 79.9. The quantitative estimate of drug-likeness (QED) is 0.698. The van der Waals surface area contributed by atoms with Crippen LogP contribution in [0.4, 0.5) is 5.69 Å². The summed E-state index contributed by atoms with van der Waals surface area (Å²) in [6.07, 6.45) is 1.85. The maximum absolute atomic E-state index is 5.79. The number of halogens is 1. The van der Waals surface area contributed by atoms with Gasteiger partial charge in [-0.1, -0.05) is 18.2 Å². The molecular formula is C13H10BrN3. The summed E-state index contributed by atoms with van der Waals surface area (Å²) in [6, 6.07) is 13.7. The van der Waals surface area contributed by atoms with E-state index < -0.39 is 0 Å². The number of fused-ring (bicyclic) bond motifs is 1. The van der Waals surface area contributed by atoms with Crippen molar-refractivity contribution < 1.29 is 0 Å². The van der Waals surface area contributed by atoms with Crippen LogP contribution in [0.2, 0.25) is 0 Å². The molecule has 0 bridgehead atoms. The fourth-order valence-electron chi connectivity index (χ4n) is 1.89. The zero-order valence-corrected chi connectivity index (χ0v) is 10.6. The van der Waals surface area contributed by atoms with Crippen LogP contribution in [0.1, 0.15) is 0 Å². The predicted octanol–water partition coefficient (Wildman–Crippen LogP) is 3.37. The van der Waals surface area contributed by atoms with Crippen molar-refractivity contribution in [1.82, 2.24) is 9.78 Å². The lowest BCUT2D eigenvalue weighted by Crippen LogP contribution is -1.97. The molecule has 0 amide bonds. The molecule has 4 heteroatoms. The Morgan fingerprint density at radius 1 is 1.12 bits per heavy atom. The van der Waals surface area contributed by atoms with Crippen molar-refractivity contribution >= 4 is 32.5 Å². The second-order valence-electron chi connectivity index (χ2n) is 3.83. The molecule has 0 radical (unpaired) electrons. The van der Waals surface area contributed by atoms with E-state index in [1.54, 1.807) is 0 Å². The molecule has 1 aromatic heterocycles. The molecule has 3 rings (SSSR count). The Balaban J connectivity index is 2.31. The number of rotatable bonds is 1. The van der Waals surface area contributed by atoms with Crippen LogP contribution in [-0.2, 0) is 0 Å². The molecule has 17 heavy (non-hydrogen) atoms. The molecule has 0 aliphatic rings. The highest BCUT2D eigenvalue weighted by molar-refractivity contribution is 9.10. The van der Waals surface area contributed by atoms with Gasteiger partial charge in [-0.3, -0.25) is 0 Å². The first-order valence-electron chi connectivity index (χ1n) is 5.24. The van der Waals surface area contributed by atoms with Crippen LogP contribution in [0.5, 0.6) is 0 Å². The van der Waals surface area contributed by atoms with Crippen molar-refractivity contribution in [3.05, 3.63) is 53.1 Å². The molecule has 3 nitrogen and oxygen atoms in total. The third-order valence-electron chi connectivity index (χ3n) is 2.66. The first-order chi connectivity index (χ1) is 8.25. The van der Waals surface area contributed by atoms with Crippen LogP contribution in [-0.4, -0.2) is 9.78 Å². The fourth-order valence-corrected chi connectivity index (χ4v) is 2.44. The van der Waals surface area contributed by atoms with Gasteiger partial charge in [0.2, 0.25) is 0 Å². The molecule has 0 unspecified atom stereocenters. The molecule has 0 aliphatic heterocycles. The Labute approximate surface area is 107 Å². The summed E-state index contributed by atoms with van der Waals surface area (Å²) < 4.78 is 2.91. The van der Waals surface area contributed by atoms with E-state index in [1.807, 2.05) is 53.3 Å². The zero-order valence-electron chi connectivity index (χ0n) is 8.97. The average Bonchev–Trinajstić information content (AvgIpc) is 2.74. The van der Waals surface area contributed by atoms with Gasteiger partial charge < -0.3 is 5.73 Å². The van der Waals surface area contributed by atoms with E-state index in [0.29, 0.717) is 0 Å². The van der Waals surface area contributed by atoms with Gasteiger partial charge in [0.15, 0.2) is 0 Å². The van der Waals surface area contributed by atoms with E-state index in [9.17, 15) is 0 Å². The largest absolute Gasteiger partial charge is 0.399 e. The number of para-hydroxylation sites is 1. The molecule has 84 valence electrons. The SMILES string of the molecule is Nc1cccc(-n2ncc3cccc(Br)c32)c1. The van der Waals surface area contributed by atoms with Gasteiger partial charge in [0, 0.05) is 15.5 Å². The van der Waals surface area contributed by atoms with Crippen LogP contribution >= 0.6 is 15.9 Å². The lowest BCUT2D eigenvalue weighted by Gasteiger charge is -2.05. The van der Waals surface area contributed by atoms with E-state index >= 15 is 0 Å². The van der Waals surface area contributed by atoms with Crippen molar-refractivity contribution in [2.24, 2.45) is 0 Å². The number of aromatic nitrogens is 2. The summed E-state index contributed by atoms with van der Waals surface area (Å²) in [4.78, 5) is 0. The third kappa shape index (κ3) is 1.70. The number of hydrogen-bond acceptors (Lipinski definition) is 2. The summed E-state index contributed by atoms with van der Waals surface area (Å²) in [6.45, 7) is 0. The summed E-state index contributed by atoms with van der Waals surface area (Å²) in [5.74, 6) is 0. The fraction of sp³-hybridized carbons (Fsp3) is 0. The molecular weight excluding hydrogens is 278 g/mol. The van der Waals surface area contributed by atoms with Crippen LogP contribution in [0.25, 0.3) is 16.6 Å². The van der Waals surface area contributed by atoms with E-state index in [1.165, 1.54) is 0 Å². The summed E-state index contributed by atoms with van der Waals surface area (Å²) in [7, 11) is 0. The smallest absolute Gasteiger partial charge is 0.0883 e. The highest BCUT2D eigenvalue weighted by Crippen LogP contribution is 2.26. The van der Waals surface area contributed by atoms with Crippen molar-refractivity contribution in [3.63, 3.8) is 0 Å². The monoisotopic (exact) mass is 287 g/mol. The third-order valence-corrected chi connectivity index (χ3v) is 3.30. The first-order valence-corrected chi connectivity index (χ1v) is 6.03. The van der Waals surface area contributed by atoms with Gasteiger partial charge >= 0.3 is 0 Å². The second kappa shape index (κ2) is 3.89. The van der Waals surface area contributed by atoms with Crippen molar-refractivity contribution in [2.75, 3.05) is 5.73 Å². The van der Waals surface area contributed by atoms with Gasteiger partial charge in [-0.15, -0.1) is 0 Å². The van der Waals surface area contributed by atoms with Crippen LogP contribution in [0.3, 0.4) is 0 Å². The summed E-state index contributed by atoms with van der Waals surface area (Å²) in [5, 5.41) is 5.50. The molecule has 3 aromatic rings. The van der Waals surface area contributed by atoms with E-state index in [0.717, 1.165) is 26.8 Å². The number of nitrogens with two attached hydrogens (primary N) is 1. The number of hydrogen-bond donors (Lipinski definition) is 1. The topological polar surface area (TPSA) is 43.8 Å². The number of nitrogens with zero attached hydrogens (tertiary/aromatic N) is 2. The van der Waals surface area contributed by atoms with Crippen LogP contribution < -0.4 is 5.73 Å². The molecule has 1 heterocycles. The number of anilines is 1.